The van der Waals surface area contributed by atoms with Crippen molar-refractivity contribution in [3.05, 3.63) is 47.2 Å². The van der Waals surface area contributed by atoms with Gasteiger partial charge in [-0.25, -0.2) is 9.78 Å². The van der Waals surface area contributed by atoms with Gasteiger partial charge < -0.3 is 10.7 Å². The Morgan fingerprint density at radius 3 is 2.63 bits per heavy atom. The first kappa shape index (κ1) is 20.6. The predicted molar refractivity (Wildman–Crippen MR) is 118 cm³/mol. The SMILES string of the molecule is CC(Sc1nc2sc3c(c2c(=O)[nH]1)CCCC3)C(=O)c1c(N)n(C)c(=O)n(C)c1=O. The zero-order chi connectivity index (χ0) is 21.7. The number of nitrogens with two attached hydrogens (primary N) is 1. The van der Waals surface area contributed by atoms with E-state index in [1.54, 1.807) is 6.92 Å². The average molecular weight is 448 g/mol. The molecule has 0 fully saturated rings. The first-order chi connectivity index (χ1) is 14.2. The summed E-state index contributed by atoms with van der Waals surface area (Å²) in [7, 11) is 2.70. The highest BCUT2D eigenvalue weighted by atomic mass is 32.2. The summed E-state index contributed by atoms with van der Waals surface area (Å²) in [5.41, 5.74) is 5.19. The van der Waals surface area contributed by atoms with Crippen molar-refractivity contribution in [2.75, 3.05) is 5.73 Å². The van der Waals surface area contributed by atoms with Gasteiger partial charge in [-0.15, -0.1) is 11.3 Å². The third-order valence-electron chi connectivity index (χ3n) is 5.42. The van der Waals surface area contributed by atoms with Crippen LogP contribution in [0.5, 0.6) is 0 Å². The number of aromatic amines is 1. The van der Waals surface area contributed by atoms with Gasteiger partial charge in [0.05, 0.1) is 10.6 Å². The molecule has 158 valence electrons. The Bertz CT molecular complexity index is 1360. The lowest BCUT2D eigenvalue weighted by Crippen LogP contribution is -2.42. The highest BCUT2D eigenvalue weighted by molar-refractivity contribution is 8.00. The largest absolute Gasteiger partial charge is 0.384 e. The molecule has 0 saturated heterocycles. The summed E-state index contributed by atoms with van der Waals surface area (Å²) >= 11 is 2.58. The van der Waals surface area contributed by atoms with Gasteiger partial charge in [-0.1, -0.05) is 11.8 Å². The molecule has 3 N–H and O–H groups in total. The second kappa shape index (κ2) is 7.55. The number of nitrogens with one attached hydrogen (secondary N) is 1. The van der Waals surface area contributed by atoms with Crippen molar-refractivity contribution in [3.8, 4) is 0 Å². The Kier molecular flexibility index (Phi) is 5.18. The number of nitrogen functional groups attached to an aromatic ring is 1. The quantitative estimate of drug-likeness (QED) is 0.349. The molecule has 0 radical (unpaired) electrons. The van der Waals surface area contributed by atoms with E-state index in [-0.39, 0.29) is 16.9 Å². The van der Waals surface area contributed by atoms with E-state index in [0.717, 1.165) is 52.1 Å². The topological polar surface area (TPSA) is 133 Å². The molecule has 1 unspecified atom stereocenters. The molecule has 0 bridgehead atoms. The number of aromatic nitrogens is 4. The second-order valence-corrected chi connectivity index (χ2v) is 9.77. The van der Waals surface area contributed by atoms with Crippen LogP contribution >= 0.6 is 23.1 Å². The standard InChI is InChI=1S/C19H21N5O4S2/c1-8(13(25)12-14(20)23(2)19(28)24(3)17(12)27)29-18-21-15(26)11-9-6-4-5-7-10(9)30-16(11)22-18/h8H,4-7,20H2,1-3H3,(H,21,22,26). The summed E-state index contributed by atoms with van der Waals surface area (Å²) in [4.78, 5) is 59.3. The number of thioether (sulfide) groups is 1. The Balaban J connectivity index is 1.70. The molecule has 1 atom stereocenters. The minimum Gasteiger partial charge on any atom is -0.384 e. The lowest BCUT2D eigenvalue weighted by atomic mass is 9.97. The number of aryl methyl sites for hydroxylation is 2. The molecule has 11 heteroatoms. The van der Waals surface area contributed by atoms with Crippen molar-refractivity contribution >= 4 is 44.9 Å². The van der Waals surface area contributed by atoms with Crippen LogP contribution < -0.4 is 22.5 Å². The van der Waals surface area contributed by atoms with Crippen molar-refractivity contribution < 1.29 is 4.79 Å². The van der Waals surface area contributed by atoms with Gasteiger partial charge in [0.25, 0.3) is 11.1 Å². The van der Waals surface area contributed by atoms with Crippen LogP contribution in [0, 0.1) is 0 Å². The van der Waals surface area contributed by atoms with Gasteiger partial charge in [-0.2, -0.15) is 0 Å². The van der Waals surface area contributed by atoms with E-state index >= 15 is 0 Å². The van der Waals surface area contributed by atoms with Crippen LogP contribution in [0.1, 0.15) is 40.6 Å². The first-order valence-electron chi connectivity index (χ1n) is 9.51. The van der Waals surface area contributed by atoms with Crippen LogP contribution in [0.25, 0.3) is 10.2 Å². The van der Waals surface area contributed by atoms with E-state index < -0.39 is 22.3 Å². The Hall–Kier alpha value is -2.66. The van der Waals surface area contributed by atoms with E-state index in [0.29, 0.717) is 15.4 Å². The summed E-state index contributed by atoms with van der Waals surface area (Å²) < 4.78 is 1.91. The van der Waals surface area contributed by atoms with Gasteiger partial charge in [0, 0.05) is 19.0 Å². The molecule has 9 nitrogen and oxygen atoms in total. The summed E-state index contributed by atoms with van der Waals surface area (Å²) in [6, 6.07) is 0. The van der Waals surface area contributed by atoms with Gasteiger partial charge in [0.15, 0.2) is 10.9 Å². The van der Waals surface area contributed by atoms with Crippen molar-refractivity contribution in [1.29, 1.82) is 0 Å². The number of carbonyl (C=O) groups is 1. The van der Waals surface area contributed by atoms with Crippen LogP contribution in [0.2, 0.25) is 0 Å². The molecule has 30 heavy (non-hydrogen) atoms. The van der Waals surface area contributed by atoms with Gasteiger partial charge in [0.2, 0.25) is 0 Å². The fraction of sp³-hybridized carbons (Fsp3) is 0.421. The molecule has 0 saturated carbocycles. The van der Waals surface area contributed by atoms with Crippen LogP contribution in [0.4, 0.5) is 5.82 Å². The minimum absolute atomic E-state index is 0.177. The highest BCUT2D eigenvalue weighted by Crippen LogP contribution is 2.34. The number of anilines is 1. The van der Waals surface area contributed by atoms with Gasteiger partial charge in [0.1, 0.15) is 16.2 Å². The van der Waals surface area contributed by atoms with E-state index in [1.165, 1.54) is 30.3 Å². The maximum atomic E-state index is 13.0. The molecular weight excluding hydrogens is 426 g/mol. The predicted octanol–water partition coefficient (Wildman–Crippen LogP) is 1.21. The number of thiophene rings is 1. The fourth-order valence-electron chi connectivity index (χ4n) is 3.72. The normalized spacial score (nSPS) is 14.6. The molecule has 1 aliphatic carbocycles. The summed E-state index contributed by atoms with van der Waals surface area (Å²) in [6.45, 7) is 1.61. The molecule has 3 heterocycles. The Morgan fingerprint density at radius 1 is 1.20 bits per heavy atom. The molecule has 0 spiro atoms. The van der Waals surface area contributed by atoms with Crippen molar-refractivity contribution in [2.24, 2.45) is 14.1 Å². The van der Waals surface area contributed by atoms with Crippen LogP contribution in [-0.4, -0.2) is 30.1 Å². The number of ketones is 1. The van der Waals surface area contributed by atoms with Crippen LogP contribution in [-0.2, 0) is 26.9 Å². The molecular formula is C19H21N5O4S2. The van der Waals surface area contributed by atoms with E-state index in [9.17, 15) is 19.2 Å². The zero-order valence-corrected chi connectivity index (χ0v) is 18.4. The van der Waals surface area contributed by atoms with Crippen molar-refractivity contribution in [1.82, 2.24) is 19.1 Å². The number of fused-ring (bicyclic) bond motifs is 3. The van der Waals surface area contributed by atoms with Crippen molar-refractivity contribution in [2.45, 2.75) is 43.0 Å². The van der Waals surface area contributed by atoms with E-state index in [2.05, 4.69) is 9.97 Å². The number of carbonyl (C=O) groups excluding carboxylic acids is 1. The molecule has 1 aliphatic rings. The molecule has 3 aromatic rings. The second-order valence-electron chi connectivity index (χ2n) is 7.35. The maximum Gasteiger partial charge on any atom is 0.332 e. The van der Waals surface area contributed by atoms with Crippen LogP contribution in [0.15, 0.2) is 19.5 Å². The maximum absolute atomic E-state index is 13.0. The molecule has 0 amide bonds. The lowest BCUT2D eigenvalue weighted by molar-refractivity contribution is 0.0992. The molecule has 0 aromatic carbocycles. The van der Waals surface area contributed by atoms with E-state index in [1.807, 2.05) is 0 Å². The summed E-state index contributed by atoms with van der Waals surface area (Å²) in [6.07, 6.45) is 4.02. The number of Topliss-reactive ketones (excluding diaryl/α,β-unsaturated/α-hetero) is 1. The van der Waals surface area contributed by atoms with Crippen LogP contribution in [0.3, 0.4) is 0 Å². The fourth-order valence-corrected chi connectivity index (χ4v) is 5.89. The molecule has 4 rings (SSSR count). The third kappa shape index (κ3) is 3.21. The average Bonchev–Trinajstić information content (AvgIpc) is 3.09. The monoisotopic (exact) mass is 447 g/mol. The molecule has 0 aliphatic heterocycles. The third-order valence-corrected chi connectivity index (χ3v) is 7.59. The van der Waals surface area contributed by atoms with Crippen molar-refractivity contribution in [3.63, 3.8) is 0 Å². The lowest BCUT2D eigenvalue weighted by Gasteiger charge is -2.14. The number of H-pyrrole nitrogens is 1. The molecule has 3 aromatic heterocycles. The number of hydrogen-bond acceptors (Lipinski definition) is 8. The zero-order valence-electron chi connectivity index (χ0n) is 16.8. The Labute approximate surface area is 178 Å². The van der Waals surface area contributed by atoms with Gasteiger partial charge >= 0.3 is 5.69 Å². The highest BCUT2D eigenvalue weighted by Gasteiger charge is 2.27. The summed E-state index contributed by atoms with van der Waals surface area (Å²) in [5, 5.41) is 0.217. The summed E-state index contributed by atoms with van der Waals surface area (Å²) in [5.74, 6) is -0.703. The number of rotatable bonds is 4. The van der Waals surface area contributed by atoms with Gasteiger partial charge in [-0.3, -0.25) is 23.5 Å². The number of nitrogens with zero attached hydrogens (tertiary/aromatic N) is 3. The first-order valence-corrected chi connectivity index (χ1v) is 11.2. The minimum atomic E-state index is -0.743. The smallest absolute Gasteiger partial charge is 0.332 e. The Morgan fingerprint density at radius 2 is 1.90 bits per heavy atom. The van der Waals surface area contributed by atoms with E-state index in [4.69, 9.17) is 5.73 Å². The number of hydrogen-bond donors (Lipinski definition) is 2. The van der Waals surface area contributed by atoms with Gasteiger partial charge in [-0.05, 0) is 38.2 Å².